The zero-order valence-corrected chi connectivity index (χ0v) is 7.40. The van der Waals surface area contributed by atoms with Gasteiger partial charge >= 0.3 is 0 Å². The molecule has 0 unspecified atom stereocenters. The van der Waals surface area contributed by atoms with Crippen molar-refractivity contribution in [3.05, 3.63) is 0 Å². The number of unbranched alkanes of at least 4 members (excludes halogenated alkanes) is 1. The molecule has 0 heterocycles. The van der Waals surface area contributed by atoms with Gasteiger partial charge in [-0.3, -0.25) is 0 Å². The van der Waals surface area contributed by atoms with Gasteiger partial charge in [0.15, 0.2) is 0 Å². The molecule has 10 heavy (non-hydrogen) atoms. The molecule has 0 aromatic rings. The van der Waals surface area contributed by atoms with Crippen molar-refractivity contribution in [3.63, 3.8) is 0 Å². The van der Waals surface area contributed by atoms with Crippen LogP contribution in [0.1, 0.15) is 19.8 Å². The molecule has 0 aromatic heterocycles. The molecule has 0 fully saturated rings. The molecule has 0 aliphatic heterocycles. The van der Waals surface area contributed by atoms with Crippen LogP contribution in [0.15, 0.2) is 0 Å². The molecular weight excluding hydrogens is 148 g/mol. The minimum atomic E-state index is 0.522. The first-order valence-corrected chi connectivity index (χ1v) is 4.31. The molecule has 0 saturated heterocycles. The SMILES string of the molecule is CCOCCCCOCS. The summed E-state index contributed by atoms with van der Waals surface area (Å²) in [7, 11) is 0. The molecule has 0 aliphatic carbocycles. The van der Waals surface area contributed by atoms with Crippen molar-refractivity contribution in [2.75, 3.05) is 25.8 Å². The Morgan fingerprint density at radius 3 is 2.20 bits per heavy atom. The molecule has 0 bridgehead atoms. The standard InChI is InChI=1S/C7H16O2S/c1-2-8-5-3-4-6-9-7-10/h10H,2-7H2,1H3. The van der Waals surface area contributed by atoms with Gasteiger partial charge in [-0.05, 0) is 19.8 Å². The minimum Gasteiger partial charge on any atom is -0.382 e. The van der Waals surface area contributed by atoms with Crippen LogP contribution >= 0.6 is 12.6 Å². The Bertz CT molecular complexity index is 51.6. The Morgan fingerprint density at radius 2 is 1.70 bits per heavy atom. The highest BCUT2D eigenvalue weighted by Crippen LogP contribution is 1.91. The second kappa shape index (κ2) is 9.27. The van der Waals surface area contributed by atoms with Crippen molar-refractivity contribution in [1.82, 2.24) is 0 Å². The summed E-state index contributed by atoms with van der Waals surface area (Å²) in [6.45, 7) is 4.47. The first-order chi connectivity index (χ1) is 4.91. The maximum atomic E-state index is 5.14. The van der Waals surface area contributed by atoms with Gasteiger partial charge in [-0.25, -0.2) is 0 Å². The third kappa shape index (κ3) is 8.27. The Kier molecular flexibility index (Phi) is 9.52. The van der Waals surface area contributed by atoms with Crippen molar-refractivity contribution in [2.24, 2.45) is 0 Å². The normalized spacial score (nSPS) is 10.2. The smallest absolute Gasteiger partial charge is 0.0892 e. The van der Waals surface area contributed by atoms with Crippen LogP contribution in [0, 0.1) is 0 Å². The monoisotopic (exact) mass is 164 g/mol. The lowest BCUT2D eigenvalue weighted by atomic mass is 10.3. The summed E-state index contributed by atoms with van der Waals surface area (Å²) in [5.74, 6) is 0.522. The summed E-state index contributed by atoms with van der Waals surface area (Å²) >= 11 is 3.91. The molecule has 0 amide bonds. The lowest BCUT2D eigenvalue weighted by Crippen LogP contribution is -1.97. The molecule has 3 heteroatoms. The van der Waals surface area contributed by atoms with E-state index in [2.05, 4.69) is 12.6 Å². The topological polar surface area (TPSA) is 18.5 Å². The fourth-order valence-corrected chi connectivity index (χ4v) is 0.746. The number of rotatable bonds is 7. The van der Waals surface area contributed by atoms with Crippen LogP contribution in [-0.2, 0) is 9.47 Å². The number of hydrogen-bond donors (Lipinski definition) is 1. The van der Waals surface area contributed by atoms with Crippen LogP contribution in [0.5, 0.6) is 0 Å². The van der Waals surface area contributed by atoms with Gasteiger partial charge in [0.1, 0.15) is 0 Å². The molecule has 2 nitrogen and oxygen atoms in total. The molecule has 0 spiro atoms. The van der Waals surface area contributed by atoms with E-state index < -0.39 is 0 Å². The molecule has 62 valence electrons. The quantitative estimate of drug-likeness (QED) is 0.351. The van der Waals surface area contributed by atoms with Crippen molar-refractivity contribution < 1.29 is 9.47 Å². The van der Waals surface area contributed by atoms with Crippen LogP contribution in [0.25, 0.3) is 0 Å². The molecular formula is C7H16O2S. The van der Waals surface area contributed by atoms with E-state index in [0.29, 0.717) is 5.94 Å². The lowest BCUT2D eigenvalue weighted by Gasteiger charge is -2.00. The Hall–Kier alpha value is 0.270. The highest BCUT2D eigenvalue weighted by Gasteiger charge is 1.87. The third-order valence-corrected chi connectivity index (χ3v) is 1.31. The van der Waals surface area contributed by atoms with Crippen LogP contribution in [-0.4, -0.2) is 25.8 Å². The zero-order valence-electron chi connectivity index (χ0n) is 6.51. The van der Waals surface area contributed by atoms with E-state index in [1.807, 2.05) is 6.92 Å². The molecule has 0 atom stereocenters. The van der Waals surface area contributed by atoms with Crippen molar-refractivity contribution >= 4 is 12.6 Å². The Labute approximate surface area is 68.3 Å². The fourth-order valence-electron chi connectivity index (χ4n) is 0.617. The van der Waals surface area contributed by atoms with E-state index in [-0.39, 0.29) is 0 Å². The van der Waals surface area contributed by atoms with Crippen LogP contribution in [0.3, 0.4) is 0 Å². The zero-order chi connectivity index (χ0) is 7.66. The van der Waals surface area contributed by atoms with Gasteiger partial charge in [0.05, 0.1) is 5.94 Å². The van der Waals surface area contributed by atoms with Gasteiger partial charge in [0, 0.05) is 19.8 Å². The van der Waals surface area contributed by atoms with Gasteiger partial charge in [0.2, 0.25) is 0 Å². The predicted molar refractivity (Wildman–Crippen MR) is 45.5 cm³/mol. The van der Waals surface area contributed by atoms with Crippen LogP contribution in [0.2, 0.25) is 0 Å². The molecule has 0 saturated carbocycles. The number of ether oxygens (including phenoxy) is 2. The average Bonchev–Trinajstić information content (AvgIpc) is 1.97. The largest absolute Gasteiger partial charge is 0.382 e. The van der Waals surface area contributed by atoms with Crippen LogP contribution < -0.4 is 0 Å². The first-order valence-electron chi connectivity index (χ1n) is 3.68. The predicted octanol–water partition coefficient (Wildman–Crippen LogP) is 1.71. The second-order valence-electron chi connectivity index (χ2n) is 1.94. The maximum absolute atomic E-state index is 5.14. The summed E-state index contributed by atoms with van der Waals surface area (Å²) in [4.78, 5) is 0. The highest BCUT2D eigenvalue weighted by atomic mass is 32.1. The van der Waals surface area contributed by atoms with Crippen molar-refractivity contribution in [2.45, 2.75) is 19.8 Å². The Balaban J connectivity index is 2.65. The number of thiol groups is 1. The minimum absolute atomic E-state index is 0.522. The Morgan fingerprint density at radius 1 is 1.10 bits per heavy atom. The summed E-state index contributed by atoms with van der Waals surface area (Å²) in [6, 6.07) is 0. The third-order valence-electron chi connectivity index (χ3n) is 1.12. The summed E-state index contributed by atoms with van der Waals surface area (Å²) < 4.78 is 10.2. The second-order valence-corrected chi connectivity index (χ2v) is 2.20. The summed E-state index contributed by atoms with van der Waals surface area (Å²) in [5.41, 5.74) is 0. The molecule has 0 aliphatic rings. The van der Waals surface area contributed by atoms with Gasteiger partial charge in [-0.1, -0.05) is 0 Å². The highest BCUT2D eigenvalue weighted by molar-refractivity contribution is 7.80. The van der Waals surface area contributed by atoms with E-state index in [1.165, 1.54) is 0 Å². The van der Waals surface area contributed by atoms with E-state index in [0.717, 1.165) is 32.7 Å². The van der Waals surface area contributed by atoms with E-state index >= 15 is 0 Å². The van der Waals surface area contributed by atoms with Crippen LogP contribution in [0.4, 0.5) is 0 Å². The van der Waals surface area contributed by atoms with Gasteiger partial charge in [-0.15, -0.1) is 0 Å². The molecule has 0 rings (SSSR count). The van der Waals surface area contributed by atoms with Crippen molar-refractivity contribution in [1.29, 1.82) is 0 Å². The number of hydrogen-bond acceptors (Lipinski definition) is 3. The fraction of sp³-hybridized carbons (Fsp3) is 1.00. The summed E-state index contributed by atoms with van der Waals surface area (Å²) in [5, 5.41) is 0. The lowest BCUT2D eigenvalue weighted by molar-refractivity contribution is 0.126. The van der Waals surface area contributed by atoms with Gasteiger partial charge in [-0.2, -0.15) is 12.6 Å². The van der Waals surface area contributed by atoms with Gasteiger partial charge < -0.3 is 9.47 Å². The average molecular weight is 164 g/mol. The van der Waals surface area contributed by atoms with E-state index in [1.54, 1.807) is 0 Å². The molecule has 0 N–H and O–H groups in total. The first kappa shape index (κ1) is 10.3. The molecule has 0 aromatic carbocycles. The van der Waals surface area contributed by atoms with Crippen molar-refractivity contribution in [3.8, 4) is 0 Å². The molecule has 0 radical (unpaired) electrons. The maximum Gasteiger partial charge on any atom is 0.0892 e. The van der Waals surface area contributed by atoms with E-state index in [9.17, 15) is 0 Å². The summed E-state index contributed by atoms with van der Waals surface area (Å²) in [6.07, 6.45) is 2.15. The van der Waals surface area contributed by atoms with E-state index in [4.69, 9.17) is 9.47 Å². The van der Waals surface area contributed by atoms with Gasteiger partial charge in [0.25, 0.3) is 0 Å².